The van der Waals surface area contributed by atoms with Crippen molar-refractivity contribution in [3.05, 3.63) is 64.9 Å². The van der Waals surface area contributed by atoms with Crippen molar-refractivity contribution in [3.63, 3.8) is 0 Å². The number of aliphatic hydroxyl groups excluding tert-OH is 1. The topological polar surface area (TPSA) is 49.7 Å². The summed E-state index contributed by atoms with van der Waals surface area (Å²) in [5.74, 6) is 1.00. The van der Waals surface area contributed by atoms with Crippen LogP contribution in [0, 0.1) is 0 Å². The van der Waals surface area contributed by atoms with Gasteiger partial charge in [-0.2, -0.15) is 0 Å². The Morgan fingerprint density at radius 1 is 1.00 bits per heavy atom. The van der Waals surface area contributed by atoms with Crippen LogP contribution in [0.3, 0.4) is 0 Å². The van der Waals surface area contributed by atoms with Gasteiger partial charge in [-0.05, 0) is 50.0 Å². The molecule has 0 saturated heterocycles. The van der Waals surface area contributed by atoms with E-state index < -0.39 is 5.60 Å². The molecular weight excluding hydrogens is 276 g/mol. The lowest BCUT2D eigenvalue weighted by molar-refractivity contribution is 0.0932. The van der Waals surface area contributed by atoms with Crippen molar-refractivity contribution in [3.8, 4) is 11.5 Å². The number of aromatic hydroxyl groups is 1. The number of ether oxygens (including phenoxy) is 1. The number of hydrogen-bond donors (Lipinski definition) is 2. The molecule has 0 aromatic heterocycles. The van der Waals surface area contributed by atoms with Gasteiger partial charge in [0, 0.05) is 11.6 Å². The third-order valence-electron chi connectivity index (χ3n) is 4.00. The fraction of sp³-hybridized carbons (Fsp3) is 0.263. The first-order chi connectivity index (χ1) is 10.5. The normalized spacial score (nSPS) is 15.6. The maximum absolute atomic E-state index is 10.1. The summed E-state index contributed by atoms with van der Waals surface area (Å²) in [7, 11) is 0. The molecule has 1 heterocycles. The highest BCUT2D eigenvalue weighted by Gasteiger charge is 2.31. The lowest BCUT2D eigenvalue weighted by Crippen LogP contribution is -2.33. The molecule has 114 valence electrons. The van der Waals surface area contributed by atoms with E-state index in [-0.39, 0.29) is 11.5 Å². The third-order valence-corrected chi connectivity index (χ3v) is 4.00. The Kier molecular flexibility index (Phi) is 3.57. The number of fused-ring (bicyclic) bond motifs is 1. The van der Waals surface area contributed by atoms with Gasteiger partial charge in [-0.15, -0.1) is 0 Å². The average Bonchev–Trinajstić information content (AvgIpc) is 2.47. The zero-order chi connectivity index (χ0) is 15.7. The van der Waals surface area contributed by atoms with Gasteiger partial charge in [-0.1, -0.05) is 30.3 Å². The highest BCUT2D eigenvalue weighted by Crippen LogP contribution is 2.39. The first-order valence-corrected chi connectivity index (χ1v) is 7.46. The highest BCUT2D eigenvalue weighted by atomic mass is 16.5. The standard InChI is InChI=1S/C19H20O3/c1-19(2)18(21)12-16-14(10-15(20)11-17(16)22-19)9-8-13-6-4-3-5-7-13/h3-7,10-12,20-21H,8-9H2,1-2H3. The smallest absolute Gasteiger partial charge is 0.160 e. The van der Waals surface area contributed by atoms with Crippen LogP contribution in [0.4, 0.5) is 0 Å². The van der Waals surface area contributed by atoms with Crippen molar-refractivity contribution in [1.29, 1.82) is 0 Å². The van der Waals surface area contributed by atoms with Gasteiger partial charge in [-0.3, -0.25) is 0 Å². The second kappa shape index (κ2) is 5.41. The van der Waals surface area contributed by atoms with Crippen molar-refractivity contribution in [2.75, 3.05) is 0 Å². The molecule has 1 aliphatic heterocycles. The fourth-order valence-electron chi connectivity index (χ4n) is 2.68. The number of aliphatic hydroxyl groups is 1. The molecule has 2 aromatic rings. The van der Waals surface area contributed by atoms with Crippen LogP contribution < -0.4 is 4.74 Å². The molecule has 3 rings (SSSR count). The summed E-state index contributed by atoms with van der Waals surface area (Å²) in [6, 6.07) is 13.6. The van der Waals surface area contributed by atoms with Gasteiger partial charge < -0.3 is 14.9 Å². The molecule has 1 aliphatic rings. The van der Waals surface area contributed by atoms with E-state index in [1.165, 1.54) is 5.56 Å². The minimum Gasteiger partial charge on any atom is -0.508 e. The summed E-state index contributed by atoms with van der Waals surface area (Å²) >= 11 is 0. The van der Waals surface area contributed by atoms with Crippen LogP contribution in [0.25, 0.3) is 6.08 Å². The molecule has 0 fully saturated rings. The third kappa shape index (κ3) is 2.80. The Bertz CT molecular complexity index is 715. The van der Waals surface area contributed by atoms with Crippen molar-refractivity contribution >= 4 is 6.08 Å². The Morgan fingerprint density at radius 3 is 2.45 bits per heavy atom. The van der Waals surface area contributed by atoms with E-state index in [9.17, 15) is 10.2 Å². The van der Waals surface area contributed by atoms with E-state index in [0.717, 1.165) is 24.0 Å². The fourth-order valence-corrected chi connectivity index (χ4v) is 2.68. The lowest BCUT2D eigenvalue weighted by atomic mass is 9.93. The Balaban J connectivity index is 1.93. The Morgan fingerprint density at radius 2 is 1.73 bits per heavy atom. The molecule has 0 unspecified atom stereocenters. The summed E-state index contributed by atoms with van der Waals surface area (Å²) in [4.78, 5) is 0. The summed E-state index contributed by atoms with van der Waals surface area (Å²) in [6.45, 7) is 3.60. The second-order valence-corrected chi connectivity index (χ2v) is 6.14. The van der Waals surface area contributed by atoms with Crippen LogP contribution in [0.15, 0.2) is 48.2 Å². The largest absolute Gasteiger partial charge is 0.508 e. The van der Waals surface area contributed by atoms with Gasteiger partial charge >= 0.3 is 0 Å². The molecule has 2 aromatic carbocycles. The average molecular weight is 296 g/mol. The van der Waals surface area contributed by atoms with Crippen LogP contribution in [-0.2, 0) is 12.8 Å². The molecule has 2 N–H and O–H groups in total. The molecule has 0 aliphatic carbocycles. The predicted molar refractivity (Wildman–Crippen MR) is 87.3 cm³/mol. The zero-order valence-corrected chi connectivity index (χ0v) is 12.8. The number of aryl methyl sites for hydroxylation is 2. The quantitative estimate of drug-likeness (QED) is 0.890. The van der Waals surface area contributed by atoms with Gasteiger partial charge in [0.2, 0.25) is 0 Å². The van der Waals surface area contributed by atoms with E-state index in [0.29, 0.717) is 5.75 Å². The van der Waals surface area contributed by atoms with Gasteiger partial charge in [0.25, 0.3) is 0 Å². The van der Waals surface area contributed by atoms with Crippen LogP contribution >= 0.6 is 0 Å². The van der Waals surface area contributed by atoms with Crippen LogP contribution in [0.1, 0.15) is 30.5 Å². The number of hydrogen-bond acceptors (Lipinski definition) is 3. The molecule has 0 radical (unpaired) electrons. The molecule has 0 bridgehead atoms. The molecule has 0 atom stereocenters. The zero-order valence-electron chi connectivity index (χ0n) is 12.8. The lowest BCUT2D eigenvalue weighted by Gasteiger charge is -2.31. The molecule has 22 heavy (non-hydrogen) atoms. The van der Waals surface area contributed by atoms with Gasteiger partial charge in [0.05, 0.1) is 0 Å². The predicted octanol–water partition coefficient (Wildman–Crippen LogP) is 4.25. The molecule has 3 heteroatoms. The summed E-state index contributed by atoms with van der Waals surface area (Å²) in [5, 5.41) is 20.1. The van der Waals surface area contributed by atoms with E-state index in [1.807, 2.05) is 18.2 Å². The number of benzene rings is 2. The molecule has 0 spiro atoms. The van der Waals surface area contributed by atoms with Gasteiger partial charge in [0.1, 0.15) is 17.3 Å². The Hall–Kier alpha value is -2.42. The number of phenols is 1. The second-order valence-electron chi connectivity index (χ2n) is 6.14. The first kappa shape index (κ1) is 14.5. The van der Waals surface area contributed by atoms with Crippen molar-refractivity contribution in [2.24, 2.45) is 0 Å². The van der Waals surface area contributed by atoms with Crippen LogP contribution in [0.5, 0.6) is 11.5 Å². The van der Waals surface area contributed by atoms with Crippen LogP contribution in [0.2, 0.25) is 0 Å². The van der Waals surface area contributed by atoms with E-state index in [1.54, 1.807) is 32.1 Å². The van der Waals surface area contributed by atoms with Crippen LogP contribution in [-0.4, -0.2) is 15.8 Å². The minimum atomic E-state index is -0.766. The summed E-state index contributed by atoms with van der Waals surface area (Å²) in [6.07, 6.45) is 3.39. The van der Waals surface area contributed by atoms with E-state index in [2.05, 4.69) is 12.1 Å². The van der Waals surface area contributed by atoms with E-state index >= 15 is 0 Å². The molecule has 0 saturated carbocycles. The number of rotatable bonds is 3. The monoisotopic (exact) mass is 296 g/mol. The first-order valence-electron chi connectivity index (χ1n) is 7.46. The van der Waals surface area contributed by atoms with Crippen molar-refractivity contribution < 1.29 is 14.9 Å². The number of phenolic OH excluding ortho intramolecular Hbond substituents is 1. The highest BCUT2D eigenvalue weighted by molar-refractivity contribution is 5.67. The van der Waals surface area contributed by atoms with Gasteiger partial charge in [-0.25, -0.2) is 0 Å². The maximum atomic E-state index is 10.1. The minimum absolute atomic E-state index is 0.187. The summed E-state index contributed by atoms with van der Waals surface area (Å²) in [5.41, 5.74) is 2.30. The van der Waals surface area contributed by atoms with Crippen molar-refractivity contribution in [2.45, 2.75) is 32.3 Å². The van der Waals surface area contributed by atoms with E-state index in [4.69, 9.17) is 4.74 Å². The Labute approximate surface area is 130 Å². The molecular formula is C19H20O3. The van der Waals surface area contributed by atoms with Crippen molar-refractivity contribution in [1.82, 2.24) is 0 Å². The maximum Gasteiger partial charge on any atom is 0.160 e. The SMILES string of the molecule is CC1(C)Oc2cc(O)cc(CCc3ccccc3)c2C=C1O. The molecule has 3 nitrogen and oxygen atoms in total. The van der Waals surface area contributed by atoms with Gasteiger partial charge in [0.15, 0.2) is 5.60 Å². The molecule has 0 amide bonds. The summed E-state index contributed by atoms with van der Waals surface area (Å²) < 4.78 is 5.83.